The normalized spacial score (nSPS) is 12.5. The van der Waals surface area contributed by atoms with Gasteiger partial charge in [-0.3, -0.25) is 0 Å². The van der Waals surface area contributed by atoms with Crippen LogP contribution in [0.2, 0.25) is 0 Å². The molecule has 0 unspecified atom stereocenters. The maximum atomic E-state index is 5.19. The van der Waals surface area contributed by atoms with Gasteiger partial charge in [0.25, 0.3) is 0 Å². The highest BCUT2D eigenvalue weighted by molar-refractivity contribution is 5.82. The van der Waals surface area contributed by atoms with Crippen LogP contribution >= 0.6 is 0 Å². The van der Waals surface area contributed by atoms with Crippen LogP contribution in [0, 0.1) is 0 Å². The van der Waals surface area contributed by atoms with E-state index in [1.54, 1.807) is 7.11 Å². The Balaban J connectivity index is 1.70. The molecular formula is C18H20N2O. The van der Waals surface area contributed by atoms with Crippen molar-refractivity contribution in [3.05, 3.63) is 65.9 Å². The lowest BCUT2D eigenvalue weighted by molar-refractivity contribution is 0.414. The highest BCUT2D eigenvalue weighted by atomic mass is 16.5. The molecule has 2 N–H and O–H groups in total. The Kier molecular flexibility index (Phi) is 3.93. The van der Waals surface area contributed by atoms with Crippen LogP contribution in [0.1, 0.15) is 24.1 Å². The number of H-pyrrole nitrogens is 1. The third-order valence-corrected chi connectivity index (χ3v) is 3.89. The van der Waals surface area contributed by atoms with Crippen LogP contribution in [0.3, 0.4) is 0 Å². The fourth-order valence-corrected chi connectivity index (χ4v) is 2.57. The average Bonchev–Trinajstić information content (AvgIpc) is 3.02. The Morgan fingerprint density at radius 1 is 1.10 bits per heavy atom. The van der Waals surface area contributed by atoms with Gasteiger partial charge < -0.3 is 15.0 Å². The molecule has 0 bridgehead atoms. The molecule has 3 nitrogen and oxygen atoms in total. The molecule has 1 heterocycles. The van der Waals surface area contributed by atoms with E-state index in [0.717, 1.165) is 12.3 Å². The Bertz CT molecular complexity index is 715. The molecule has 3 heteroatoms. The van der Waals surface area contributed by atoms with Crippen molar-refractivity contribution >= 4 is 10.9 Å². The van der Waals surface area contributed by atoms with E-state index in [9.17, 15) is 0 Å². The minimum atomic E-state index is 0.293. The van der Waals surface area contributed by atoms with Crippen LogP contribution in [0.5, 0.6) is 5.75 Å². The van der Waals surface area contributed by atoms with Gasteiger partial charge in [-0.05, 0) is 41.6 Å². The predicted octanol–water partition coefficient (Wildman–Crippen LogP) is 4.03. The van der Waals surface area contributed by atoms with Crippen molar-refractivity contribution in [2.24, 2.45) is 0 Å². The van der Waals surface area contributed by atoms with Crippen molar-refractivity contribution in [1.82, 2.24) is 10.3 Å². The number of methoxy groups -OCH3 is 1. The molecule has 0 amide bonds. The molecule has 0 saturated carbocycles. The number of rotatable bonds is 5. The monoisotopic (exact) mass is 280 g/mol. The molecule has 108 valence electrons. The number of aromatic nitrogens is 1. The van der Waals surface area contributed by atoms with Crippen LogP contribution < -0.4 is 10.1 Å². The lowest BCUT2D eigenvalue weighted by atomic mass is 10.1. The molecule has 3 rings (SSSR count). The smallest absolute Gasteiger partial charge is 0.118 e. The first kappa shape index (κ1) is 13.7. The van der Waals surface area contributed by atoms with Crippen molar-refractivity contribution in [1.29, 1.82) is 0 Å². The summed E-state index contributed by atoms with van der Waals surface area (Å²) in [4.78, 5) is 3.31. The van der Waals surface area contributed by atoms with Crippen molar-refractivity contribution in [3.8, 4) is 5.75 Å². The van der Waals surface area contributed by atoms with Gasteiger partial charge in [0.2, 0.25) is 0 Å². The van der Waals surface area contributed by atoms with E-state index in [4.69, 9.17) is 4.74 Å². The highest BCUT2D eigenvalue weighted by Gasteiger charge is 2.07. The molecule has 0 aliphatic heterocycles. The Labute approximate surface area is 125 Å². The Hall–Kier alpha value is -2.26. The van der Waals surface area contributed by atoms with Gasteiger partial charge in [0.1, 0.15) is 5.75 Å². The summed E-state index contributed by atoms with van der Waals surface area (Å²) in [6, 6.07) is 17.0. The first-order chi connectivity index (χ1) is 10.3. The summed E-state index contributed by atoms with van der Waals surface area (Å²) in [7, 11) is 1.69. The fourth-order valence-electron chi connectivity index (χ4n) is 2.57. The van der Waals surface area contributed by atoms with Crippen LogP contribution in [0.15, 0.2) is 54.7 Å². The van der Waals surface area contributed by atoms with Crippen molar-refractivity contribution in [3.63, 3.8) is 0 Å². The second-order valence-corrected chi connectivity index (χ2v) is 5.23. The summed E-state index contributed by atoms with van der Waals surface area (Å²) >= 11 is 0. The minimum Gasteiger partial charge on any atom is -0.497 e. The second kappa shape index (κ2) is 6.02. The highest BCUT2D eigenvalue weighted by Crippen LogP contribution is 2.20. The lowest BCUT2D eigenvalue weighted by Gasteiger charge is -2.15. The van der Waals surface area contributed by atoms with E-state index in [-0.39, 0.29) is 0 Å². The molecule has 0 aliphatic rings. The van der Waals surface area contributed by atoms with Crippen molar-refractivity contribution in [2.75, 3.05) is 7.11 Å². The fraction of sp³-hybridized carbons (Fsp3) is 0.222. The van der Waals surface area contributed by atoms with Gasteiger partial charge in [-0.25, -0.2) is 0 Å². The summed E-state index contributed by atoms with van der Waals surface area (Å²) in [5.41, 5.74) is 3.76. The zero-order valence-electron chi connectivity index (χ0n) is 12.4. The molecule has 0 radical (unpaired) electrons. The molecule has 0 fully saturated rings. The number of hydrogen-bond donors (Lipinski definition) is 2. The minimum absolute atomic E-state index is 0.293. The Morgan fingerprint density at radius 2 is 1.90 bits per heavy atom. The van der Waals surface area contributed by atoms with Gasteiger partial charge in [0.05, 0.1) is 7.11 Å². The van der Waals surface area contributed by atoms with Gasteiger partial charge in [-0.1, -0.05) is 30.3 Å². The third-order valence-electron chi connectivity index (χ3n) is 3.89. The number of aromatic amines is 1. The summed E-state index contributed by atoms with van der Waals surface area (Å²) in [5.74, 6) is 0.891. The molecule has 1 atom stereocenters. The average molecular weight is 280 g/mol. The maximum Gasteiger partial charge on any atom is 0.118 e. The number of nitrogens with one attached hydrogen (secondary N) is 2. The summed E-state index contributed by atoms with van der Waals surface area (Å²) in [5, 5.41) is 4.83. The van der Waals surface area contributed by atoms with Gasteiger partial charge in [0.15, 0.2) is 0 Å². The van der Waals surface area contributed by atoms with Crippen LogP contribution in [-0.4, -0.2) is 12.1 Å². The molecule has 3 aromatic rings. The number of hydrogen-bond acceptors (Lipinski definition) is 2. The van der Waals surface area contributed by atoms with E-state index in [1.165, 1.54) is 22.0 Å². The van der Waals surface area contributed by atoms with Crippen LogP contribution in [0.25, 0.3) is 10.9 Å². The Morgan fingerprint density at radius 3 is 2.67 bits per heavy atom. The largest absolute Gasteiger partial charge is 0.497 e. The standard InChI is InChI=1S/C18H20N2O/c1-13(14-6-8-17(21-2)9-7-14)20-12-16-5-3-4-15-10-11-19-18(15)16/h3-11,13,19-20H,12H2,1-2H3/t13-/m0/s1. The zero-order valence-corrected chi connectivity index (χ0v) is 12.4. The molecular weight excluding hydrogens is 260 g/mol. The molecule has 0 spiro atoms. The summed E-state index contributed by atoms with van der Waals surface area (Å²) in [6.07, 6.45) is 1.99. The van der Waals surface area contributed by atoms with Gasteiger partial charge in [-0.15, -0.1) is 0 Å². The molecule has 1 aromatic heterocycles. The third kappa shape index (κ3) is 2.93. The van der Waals surface area contributed by atoms with Crippen molar-refractivity contribution < 1.29 is 4.74 Å². The molecule has 0 aliphatic carbocycles. The maximum absolute atomic E-state index is 5.19. The predicted molar refractivity (Wildman–Crippen MR) is 86.5 cm³/mol. The molecule has 2 aromatic carbocycles. The number of ether oxygens (including phenoxy) is 1. The topological polar surface area (TPSA) is 37.0 Å². The second-order valence-electron chi connectivity index (χ2n) is 5.23. The van der Waals surface area contributed by atoms with Crippen molar-refractivity contribution in [2.45, 2.75) is 19.5 Å². The van der Waals surface area contributed by atoms with E-state index in [0.29, 0.717) is 6.04 Å². The quantitative estimate of drug-likeness (QED) is 0.740. The van der Waals surface area contributed by atoms with E-state index in [2.05, 4.69) is 53.6 Å². The van der Waals surface area contributed by atoms with E-state index < -0.39 is 0 Å². The first-order valence-corrected chi connectivity index (χ1v) is 7.20. The zero-order chi connectivity index (χ0) is 14.7. The molecule has 0 saturated heterocycles. The first-order valence-electron chi connectivity index (χ1n) is 7.20. The van der Waals surface area contributed by atoms with Crippen LogP contribution in [0.4, 0.5) is 0 Å². The van der Waals surface area contributed by atoms with Gasteiger partial charge >= 0.3 is 0 Å². The molecule has 21 heavy (non-hydrogen) atoms. The van der Waals surface area contributed by atoms with Gasteiger partial charge in [-0.2, -0.15) is 0 Å². The summed E-state index contributed by atoms with van der Waals surface area (Å²) in [6.45, 7) is 3.02. The SMILES string of the molecule is COc1ccc([C@H](C)NCc2cccc3cc[nH]c23)cc1. The van der Waals surface area contributed by atoms with E-state index >= 15 is 0 Å². The number of benzene rings is 2. The summed E-state index contributed by atoms with van der Waals surface area (Å²) < 4.78 is 5.19. The van der Waals surface area contributed by atoms with Crippen LogP contribution in [-0.2, 0) is 6.54 Å². The number of fused-ring (bicyclic) bond motifs is 1. The number of para-hydroxylation sites is 1. The van der Waals surface area contributed by atoms with E-state index in [1.807, 2.05) is 18.3 Å². The lowest BCUT2D eigenvalue weighted by Crippen LogP contribution is -2.18. The van der Waals surface area contributed by atoms with Gasteiger partial charge in [0, 0.05) is 24.3 Å².